The van der Waals surface area contributed by atoms with E-state index in [4.69, 9.17) is 4.99 Å². The van der Waals surface area contributed by atoms with E-state index in [1.54, 1.807) is 0 Å². The molecule has 1 aromatic carbocycles. The molecule has 1 aromatic rings. The van der Waals surface area contributed by atoms with Gasteiger partial charge in [0.05, 0.1) is 6.54 Å². The number of rotatable bonds is 6. The number of nitrogens with one attached hydrogen (secondary N) is 2. The standard InChI is InChI=1S/C22H35N5O.HI/c1-5-23-22(25-19-11-12-26(15-19)21(28)16(2)3)24-14-17(4)27-13-10-18-8-6-7-9-20(18)27;/h6-9,16-17,19H,5,10-15H2,1-4H3,(H2,23,24,25);1H. The molecule has 6 nitrogen and oxygen atoms in total. The van der Waals surface area contributed by atoms with Crippen LogP contribution in [0, 0.1) is 5.92 Å². The number of likely N-dealkylation sites (tertiary alicyclic amines) is 1. The molecule has 0 spiro atoms. The van der Waals surface area contributed by atoms with Gasteiger partial charge in [0.15, 0.2) is 5.96 Å². The van der Waals surface area contributed by atoms with Crippen molar-refractivity contribution in [3.63, 3.8) is 0 Å². The molecule has 0 radical (unpaired) electrons. The molecule has 7 heteroatoms. The Hall–Kier alpha value is -1.51. The van der Waals surface area contributed by atoms with Crippen LogP contribution in [0.15, 0.2) is 29.3 Å². The summed E-state index contributed by atoms with van der Waals surface area (Å²) in [5.74, 6) is 1.16. The lowest BCUT2D eigenvalue weighted by atomic mass is 10.2. The van der Waals surface area contributed by atoms with Gasteiger partial charge >= 0.3 is 0 Å². The molecular weight excluding hydrogens is 477 g/mol. The summed E-state index contributed by atoms with van der Waals surface area (Å²) in [5.41, 5.74) is 2.78. The molecule has 1 amide bonds. The maximum Gasteiger partial charge on any atom is 0.225 e. The molecule has 0 aliphatic carbocycles. The topological polar surface area (TPSA) is 60.0 Å². The summed E-state index contributed by atoms with van der Waals surface area (Å²) < 4.78 is 0. The molecule has 0 bridgehead atoms. The number of amides is 1. The summed E-state index contributed by atoms with van der Waals surface area (Å²) in [6.45, 7) is 12.5. The molecule has 29 heavy (non-hydrogen) atoms. The zero-order chi connectivity index (χ0) is 20.1. The number of nitrogens with zero attached hydrogens (tertiary/aromatic N) is 3. The summed E-state index contributed by atoms with van der Waals surface area (Å²) in [7, 11) is 0. The highest BCUT2D eigenvalue weighted by Gasteiger charge is 2.28. The molecule has 2 aliphatic rings. The summed E-state index contributed by atoms with van der Waals surface area (Å²) in [5, 5.41) is 6.89. The van der Waals surface area contributed by atoms with Crippen molar-refractivity contribution in [2.75, 3.05) is 37.6 Å². The van der Waals surface area contributed by atoms with Gasteiger partial charge in [-0.05, 0) is 38.3 Å². The first-order chi connectivity index (χ1) is 13.5. The van der Waals surface area contributed by atoms with Crippen LogP contribution in [0.1, 0.15) is 39.7 Å². The molecule has 2 heterocycles. The van der Waals surface area contributed by atoms with Crippen LogP contribution in [0.4, 0.5) is 5.69 Å². The number of hydrogen-bond donors (Lipinski definition) is 2. The van der Waals surface area contributed by atoms with Crippen LogP contribution in [0.5, 0.6) is 0 Å². The SMILES string of the molecule is CCNC(=NCC(C)N1CCc2ccccc21)NC1CCN(C(=O)C(C)C)C1.I. The first-order valence-corrected chi connectivity index (χ1v) is 10.7. The van der Waals surface area contributed by atoms with Gasteiger partial charge < -0.3 is 20.4 Å². The van der Waals surface area contributed by atoms with Gasteiger partial charge in [-0.3, -0.25) is 9.79 Å². The minimum Gasteiger partial charge on any atom is -0.366 e. The maximum absolute atomic E-state index is 12.2. The number of anilines is 1. The zero-order valence-electron chi connectivity index (χ0n) is 18.1. The minimum atomic E-state index is 0. The average Bonchev–Trinajstić information content (AvgIpc) is 3.32. The van der Waals surface area contributed by atoms with Gasteiger partial charge in [0.25, 0.3) is 0 Å². The summed E-state index contributed by atoms with van der Waals surface area (Å²) in [6.07, 6.45) is 2.09. The second-order valence-corrected chi connectivity index (χ2v) is 8.21. The van der Waals surface area contributed by atoms with Crippen molar-refractivity contribution in [1.82, 2.24) is 15.5 Å². The highest BCUT2D eigenvalue weighted by molar-refractivity contribution is 14.0. The van der Waals surface area contributed by atoms with E-state index in [1.165, 1.54) is 11.3 Å². The lowest BCUT2D eigenvalue weighted by molar-refractivity contribution is -0.133. The largest absolute Gasteiger partial charge is 0.366 e. The monoisotopic (exact) mass is 513 g/mol. The second-order valence-electron chi connectivity index (χ2n) is 8.21. The predicted octanol–water partition coefficient (Wildman–Crippen LogP) is 2.87. The normalized spacial score (nSPS) is 19.8. The van der Waals surface area contributed by atoms with Gasteiger partial charge in [-0.15, -0.1) is 24.0 Å². The number of guanidine groups is 1. The van der Waals surface area contributed by atoms with E-state index >= 15 is 0 Å². The number of benzene rings is 1. The number of halogens is 1. The Kier molecular flexibility index (Phi) is 9.04. The fraction of sp³-hybridized carbons (Fsp3) is 0.636. The zero-order valence-corrected chi connectivity index (χ0v) is 20.5. The molecule has 0 aromatic heterocycles. The molecule has 1 fully saturated rings. The first kappa shape index (κ1) is 23.8. The molecule has 3 rings (SSSR count). The molecular formula is C22H36IN5O. The lowest BCUT2D eigenvalue weighted by Crippen LogP contribution is -2.46. The van der Waals surface area contributed by atoms with Crippen molar-refractivity contribution in [3.8, 4) is 0 Å². The Morgan fingerprint density at radius 1 is 1.24 bits per heavy atom. The fourth-order valence-corrected chi connectivity index (χ4v) is 4.10. The minimum absolute atomic E-state index is 0. The van der Waals surface area contributed by atoms with Crippen LogP contribution in [0.2, 0.25) is 0 Å². The molecule has 2 aliphatic heterocycles. The van der Waals surface area contributed by atoms with E-state index in [0.717, 1.165) is 51.5 Å². The average molecular weight is 513 g/mol. The van der Waals surface area contributed by atoms with Crippen molar-refractivity contribution in [2.45, 2.75) is 52.6 Å². The molecule has 1 saturated heterocycles. The van der Waals surface area contributed by atoms with E-state index in [9.17, 15) is 4.79 Å². The quantitative estimate of drug-likeness (QED) is 0.349. The second kappa shape index (κ2) is 11.0. The van der Waals surface area contributed by atoms with Gasteiger partial charge in [0.2, 0.25) is 5.91 Å². The van der Waals surface area contributed by atoms with Crippen molar-refractivity contribution >= 4 is 41.5 Å². The molecule has 2 N–H and O–H groups in total. The molecule has 162 valence electrons. The van der Waals surface area contributed by atoms with Crippen molar-refractivity contribution in [3.05, 3.63) is 29.8 Å². The third-order valence-corrected chi connectivity index (χ3v) is 5.65. The van der Waals surface area contributed by atoms with Crippen molar-refractivity contribution in [2.24, 2.45) is 10.9 Å². The smallest absolute Gasteiger partial charge is 0.225 e. The summed E-state index contributed by atoms with van der Waals surface area (Å²) in [6, 6.07) is 9.28. The summed E-state index contributed by atoms with van der Waals surface area (Å²) >= 11 is 0. The van der Waals surface area contributed by atoms with E-state index < -0.39 is 0 Å². The van der Waals surface area contributed by atoms with E-state index in [-0.39, 0.29) is 41.8 Å². The lowest BCUT2D eigenvalue weighted by Gasteiger charge is -2.26. The number of aliphatic imine (C=N–C) groups is 1. The van der Waals surface area contributed by atoms with Gasteiger partial charge in [0.1, 0.15) is 0 Å². The van der Waals surface area contributed by atoms with Crippen LogP contribution in [-0.4, -0.2) is 61.6 Å². The molecule has 2 unspecified atom stereocenters. The van der Waals surface area contributed by atoms with Crippen LogP contribution < -0.4 is 15.5 Å². The van der Waals surface area contributed by atoms with Crippen LogP contribution in [-0.2, 0) is 11.2 Å². The Morgan fingerprint density at radius 2 is 2.00 bits per heavy atom. The Bertz CT molecular complexity index is 708. The molecule has 0 saturated carbocycles. The Morgan fingerprint density at radius 3 is 2.72 bits per heavy atom. The van der Waals surface area contributed by atoms with Crippen molar-refractivity contribution in [1.29, 1.82) is 0 Å². The number of carbonyl (C=O) groups is 1. The Balaban J connectivity index is 0.00000300. The number of hydrogen-bond acceptors (Lipinski definition) is 3. The van der Waals surface area contributed by atoms with Crippen LogP contribution in [0.25, 0.3) is 0 Å². The predicted molar refractivity (Wildman–Crippen MR) is 131 cm³/mol. The third kappa shape index (κ3) is 5.99. The summed E-state index contributed by atoms with van der Waals surface area (Å²) in [4.78, 5) is 21.5. The highest BCUT2D eigenvalue weighted by atomic mass is 127. The van der Waals surface area contributed by atoms with Gasteiger partial charge in [-0.1, -0.05) is 32.0 Å². The number of carbonyl (C=O) groups excluding carboxylic acids is 1. The van der Waals surface area contributed by atoms with Crippen LogP contribution >= 0.6 is 24.0 Å². The van der Waals surface area contributed by atoms with E-state index in [2.05, 4.69) is 53.6 Å². The fourth-order valence-electron chi connectivity index (χ4n) is 4.10. The van der Waals surface area contributed by atoms with Gasteiger partial charge in [-0.2, -0.15) is 0 Å². The molecule has 2 atom stereocenters. The van der Waals surface area contributed by atoms with Gasteiger partial charge in [-0.25, -0.2) is 0 Å². The number of fused-ring (bicyclic) bond motifs is 1. The third-order valence-electron chi connectivity index (χ3n) is 5.65. The van der Waals surface area contributed by atoms with E-state index in [1.807, 2.05) is 18.7 Å². The van der Waals surface area contributed by atoms with E-state index in [0.29, 0.717) is 6.04 Å². The van der Waals surface area contributed by atoms with Crippen molar-refractivity contribution < 1.29 is 4.79 Å². The first-order valence-electron chi connectivity index (χ1n) is 10.7. The van der Waals surface area contributed by atoms with Crippen LogP contribution in [0.3, 0.4) is 0 Å². The maximum atomic E-state index is 12.2. The number of para-hydroxylation sites is 1. The van der Waals surface area contributed by atoms with Gasteiger partial charge in [0, 0.05) is 49.9 Å². The highest BCUT2D eigenvalue weighted by Crippen LogP contribution is 2.29. The Labute approximate surface area is 192 Å².